The van der Waals surface area contributed by atoms with Crippen LogP contribution in [0.25, 0.3) is 10.2 Å². The first kappa shape index (κ1) is 13.9. The standard InChI is InChI=1S/C16H18FN3OS/c17-12-5-2-6-13-14(12)18-16(22-13)20-9-7-19(8-10-20)15(21)11-3-1-4-11/h2,5-6,11H,1,3-4,7-10H2. The second kappa shape index (κ2) is 5.50. The summed E-state index contributed by atoms with van der Waals surface area (Å²) in [5, 5.41) is 0.857. The zero-order valence-electron chi connectivity index (χ0n) is 12.3. The second-order valence-corrected chi connectivity index (χ2v) is 7.03. The molecule has 1 aliphatic carbocycles. The fraction of sp³-hybridized carbons (Fsp3) is 0.500. The molecule has 0 spiro atoms. The number of piperazine rings is 1. The predicted octanol–water partition coefficient (Wildman–Crippen LogP) is 2.88. The van der Waals surface area contributed by atoms with Crippen LogP contribution in [0.3, 0.4) is 0 Å². The predicted molar refractivity (Wildman–Crippen MR) is 85.7 cm³/mol. The lowest BCUT2D eigenvalue weighted by Crippen LogP contribution is -2.51. The van der Waals surface area contributed by atoms with Crippen molar-refractivity contribution >= 4 is 32.6 Å². The molecule has 0 N–H and O–H groups in total. The van der Waals surface area contributed by atoms with E-state index in [0.717, 1.165) is 48.9 Å². The molecule has 4 nitrogen and oxygen atoms in total. The quantitative estimate of drug-likeness (QED) is 0.854. The van der Waals surface area contributed by atoms with E-state index in [2.05, 4.69) is 9.88 Å². The highest BCUT2D eigenvalue weighted by Gasteiger charge is 2.31. The molecule has 0 bridgehead atoms. The van der Waals surface area contributed by atoms with Gasteiger partial charge in [0.05, 0.1) is 4.70 Å². The molecule has 2 aliphatic rings. The number of aromatic nitrogens is 1. The summed E-state index contributed by atoms with van der Waals surface area (Å²) in [6.45, 7) is 3.04. The van der Waals surface area contributed by atoms with Crippen molar-refractivity contribution < 1.29 is 9.18 Å². The molecule has 0 unspecified atom stereocenters. The minimum atomic E-state index is -0.265. The fourth-order valence-electron chi connectivity index (χ4n) is 3.07. The summed E-state index contributed by atoms with van der Waals surface area (Å²) < 4.78 is 14.6. The number of anilines is 1. The van der Waals surface area contributed by atoms with Crippen LogP contribution in [0.15, 0.2) is 18.2 Å². The molecule has 2 aromatic rings. The lowest BCUT2D eigenvalue weighted by atomic mass is 9.84. The number of hydrogen-bond donors (Lipinski definition) is 0. The monoisotopic (exact) mass is 319 g/mol. The Morgan fingerprint density at radius 3 is 2.64 bits per heavy atom. The Hall–Kier alpha value is -1.69. The number of carbonyl (C=O) groups is 1. The van der Waals surface area contributed by atoms with Gasteiger partial charge in [0.2, 0.25) is 5.91 Å². The summed E-state index contributed by atoms with van der Waals surface area (Å²) in [5.41, 5.74) is 0.454. The molecule has 22 heavy (non-hydrogen) atoms. The van der Waals surface area contributed by atoms with Gasteiger partial charge in [0.25, 0.3) is 0 Å². The maximum atomic E-state index is 13.7. The van der Waals surface area contributed by atoms with Crippen molar-refractivity contribution in [3.8, 4) is 0 Å². The molecule has 1 aromatic carbocycles. The number of rotatable bonds is 2. The van der Waals surface area contributed by atoms with Crippen molar-refractivity contribution in [2.24, 2.45) is 5.92 Å². The van der Waals surface area contributed by atoms with Gasteiger partial charge in [-0.2, -0.15) is 0 Å². The summed E-state index contributed by atoms with van der Waals surface area (Å²) in [6.07, 6.45) is 3.29. The Balaban J connectivity index is 1.46. The van der Waals surface area contributed by atoms with Crippen molar-refractivity contribution in [3.05, 3.63) is 24.0 Å². The van der Waals surface area contributed by atoms with Gasteiger partial charge in [-0.3, -0.25) is 4.79 Å². The van der Waals surface area contributed by atoms with Crippen LogP contribution in [-0.2, 0) is 4.79 Å². The second-order valence-electron chi connectivity index (χ2n) is 6.02. The zero-order valence-corrected chi connectivity index (χ0v) is 13.1. The Labute approximate surface area is 132 Å². The fourth-order valence-corrected chi connectivity index (χ4v) is 4.10. The largest absolute Gasteiger partial charge is 0.345 e. The van der Waals surface area contributed by atoms with Crippen molar-refractivity contribution in [1.82, 2.24) is 9.88 Å². The maximum absolute atomic E-state index is 13.7. The number of carbonyl (C=O) groups excluding carboxylic acids is 1. The molecule has 6 heteroatoms. The average Bonchev–Trinajstić information content (AvgIpc) is 2.91. The maximum Gasteiger partial charge on any atom is 0.225 e. The molecule has 1 amide bonds. The van der Waals surface area contributed by atoms with E-state index in [9.17, 15) is 9.18 Å². The van der Waals surface area contributed by atoms with E-state index in [0.29, 0.717) is 11.4 Å². The highest BCUT2D eigenvalue weighted by Crippen LogP contribution is 2.32. The summed E-state index contributed by atoms with van der Waals surface area (Å²) >= 11 is 1.52. The third-order valence-electron chi connectivity index (χ3n) is 4.67. The van der Waals surface area contributed by atoms with Crippen LogP contribution in [0.2, 0.25) is 0 Å². The van der Waals surface area contributed by atoms with Gasteiger partial charge in [-0.15, -0.1) is 0 Å². The van der Waals surface area contributed by atoms with Crippen molar-refractivity contribution in [2.45, 2.75) is 19.3 Å². The summed E-state index contributed by atoms with van der Waals surface area (Å²) in [7, 11) is 0. The van der Waals surface area contributed by atoms with E-state index in [1.54, 1.807) is 6.07 Å². The summed E-state index contributed by atoms with van der Waals surface area (Å²) in [4.78, 5) is 20.8. The van der Waals surface area contributed by atoms with Crippen LogP contribution in [0, 0.1) is 11.7 Å². The molecule has 0 radical (unpaired) electrons. The van der Waals surface area contributed by atoms with Gasteiger partial charge in [0.15, 0.2) is 5.13 Å². The van der Waals surface area contributed by atoms with E-state index >= 15 is 0 Å². The lowest BCUT2D eigenvalue weighted by molar-refractivity contribution is -0.138. The van der Waals surface area contributed by atoms with E-state index < -0.39 is 0 Å². The molecule has 0 atom stereocenters. The summed E-state index contributed by atoms with van der Waals surface area (Å²) in [5.74, 6) is 0.322. The van der Waals surface area contributed by atoms with E-state index in [-0.39, 0.29) is 11.7 Å². The Bertz CT molecular complexity index is 704. The van der Waals surface area contributed by atoms with Crippen molar-refractivity contribution in [3.63, 3.8) is 0 Å². The van der Waals surface area contributed by atoms with Gasteiger partial charge in [-0.1, -0.05) is 23.8 Å². The van der Waals surface area contributed by atoms with Crippen molar-refractivity contribution in [1.29, 1.82) is 0 Å². The molecule has 1 aromatic heterocycles. The number of benzene rings is 1. The number of hydrogen-bond acceptors (Lipinski definition) is 4. The smallest absolute Gasteiger partial charge is 0.225 e. The first-order chi connectivity index (χ1) is 10.7. The highest BCUT2D eigenvalue weighted by molar-refractivity contribution is 7.22. The van der Waals surface area contributed by atoms with Gasteiger partial charge in [0.1, 0.15) is 11.3 Å². The number of fused-ring (bicyclic) bond motifs is 1. The van der Waals surface area contributed by atoms with Crippen LogP contribution in [0.4, 0.5) is 9.52 Å². The van der Waals surface area contributed by atoms with Gasteiger partial charge in [-0.25, -0.2) is 9.37 Å². The van der Waals surface area contributed by atoms with E-state index in [1.807, 2.05) is 11.0 Å². The topological polar surface area (TPSA) is 36.4 Å². The van der Waals surface area contributed by atoms with Gasteiger partial charge in [-0.05, 0) is 25.0 Å². The molecule has 2 fully saturated rings. The molecular formula is C16H18FN3OS. The molecule has 2 heterocycles. The minimum Gasteiger partial charge on any atom is -0.345 e. The Morgan fingerprint density at radius 1 is 1.23 bits per heavy atom. The normalized spacial score (nSPS) is 19.5. The first-order valence-electron chi connectivity index (χ1n) is 7.81. The number of thiazole rings is 1. The van der Waals surface area contributed by atoms with Crippen LogP contribution in [-0.4, -0.2) is 42.0 Å². The number of halogens is 1. The molecule has 1 saturated carbocycles. The number of nitrogens with zero attached hydrogens (tertiary/aromatic N) is 3. The average molecular weight is 319 g/mol. The van der Waals surface area contributed by atoms with Gasteiger partial charge < -0.3 is 9.80 Å². The van der Waals surface area contributed by atoms with Crippen LogP contribution in [0.1, 0.15) is 19.3 Å². The molecule has 1 aliphatic heterocycles. The van der Waals surface area contributed by atoms with E-state index in [1.165, 1.54) is 23.8 Å². The lowest BCUT2D eigenvalue weighted by Gasteiger charge is -2.38. The number of para-hydroxylation sites is 1. The minimum absolute atomic E-state index is 0.265. The van der Waals surface area contributed by atoms with E-state index in [4.69, 9.17) is 0 Å². The summed E-state index contributed by atoms with van der Waals surface area (Å²) in [6, 6.07) is 5.06. The SMILES string of the molecule is O=C(C1CCC1)N1CCN(c2nc3c(F)cccc3s2)CC1. The van der Waals surface area contributed by atoms with Gasteiger partial charge >= 0.3 is 0 Å². The van der Waals surface area contributed by atoms with Crippen LogP contribution >= 0.6 is 11.3 Å². The Kier molecular flexibility index (Phi) is 3.48. The molecule has 1 saturated heterocycles. The molecule has 4 rings (SSSR count). The zero-order chi connectivity index (χ0) is 15.1. The Morgan fingerprint density at radius 2 is 2.00 bits per heavy atom. The molecular weight excluding hydrogens is 301 g/mol. The molecule has 116 valence electrons. The van der Waals surface area contributed by atoms with Crippen molar-refractivity contribution in [2.75, 3.05) is 31.1 Å². The number of amides is 1. The van der Waals surface area contributed by atoms with Crippen LogP contribution < -0.4 is 4.90 Å². The third-order valence-corrected chi connectivity index (χ3v) is 5.76. The highest BCUT2D eigenvalue weighted by atomic mass is 32.1. The van der Waals surface area contributed by atoms with Crippen LogP contribution in [0.5, 0.6) is 0 Å². The first-order valence-corrected chi connectivity index (χ1v) is 8.63. The third kappa shape index (κ3) is 2.35. The van der Waals surface area contributed by atoms with Gasteiger partial charge in [0, 0.05) is 32.1 Å².